The molecule has 152 valence electrons. The van der Waals surface area contributed by atoms with Crippen LogP contribution in [0.1, 0.15) is 47.7 Å². The minimum absolute atomic E-state index is 0.107. The lowest BCUT2D eigenvalue weighted by atomic mass is 9.88. The zero-order chi connectivity index (χ0) is 21.2. The second-order valence-electron chi connectivity index (χ2n) is 7.33. The average Bonchev–Trinajstić information content (AvgIpc) is 2.67. The van der Waals surface area contributed by atoms with Gasteiger partial charge in [0.2, 0.25) is 5.91 Å². The van der Waals surface area contributed by atoms with Crippen molar-refractivity contribution in [3.8, 4) is 0 Å². The van der Waals surface area contributed by atoms with Gasteiger partial charge in [-0.05, 0) is 42.2 Å². The van der Waals surface area contributed by atoms with Gasteiger partial charge in [0.25, 0.3) is 5.91 Å². The summed E-state index contributed by atoms with van der Waals surface area (Å²) in [5.41, 5.74) is -0.231. The fraction of sp³-hybridized carbons (Fsp3) is 0.318. The van der Waals surface area contributed by atoms with Crippen molar-refractivity contribution >= 4 is 23.7 Å². The number of carbonyl (C=O) groups is 2. The van der Waals surface area contributed by atoms with E-state index >= 15 is 0 Å². The van der Waals surface area contributed by atoms with Crippen LogP contribution in [-0.2, 0) is 11.0 Å². The Morgan fingerprint density at radius 1 is 1.10 bits per heavy atom. The maximum Gasteiger partial charge on any atom is 0.416 e. The van der Waals surface area contributed by atoms with Crippen molar-refractivity contribution in [1.82, 2.24) is 0 Å². The Hall–Kier alpha value is -2.96. The number of fused-ring (bicyclic) bond motifs is 1. The molecular weight excluding hydrogens is 381 g/mol. The molecule has 3 rings (SSSR count). The van der Waals surface area contributed by atoms with Crippen LogP contribution in [0.5, 0.6) is 0 Å². The van der Waals surface area contributed by atoms with E-state index in [4.69, 9.17) is 0 Å². The van der Waals surface area contributed by atoms with Crippen molar-refractivity contribution in [2.45, 2.75) is 32.4 Å². The molecule has 0 fully saturated rings. The van der Waals surface area contributed by atoms with Crippen molar-refractivity contribution < 1.29 is 22.8 Å². The highest BCUT2D eigenvalue weighted by Gasteiger charge is 2.39. The van der Waals surface area contributed by atoms with Crippen LogP contribution in [0, 0.1) is 5.92 Å². The molecule has 2 aromatic rings. The lowest BCUT2D eigenvalue weighted by molar-refractivity contribution is -0.137. The molecule has 0 radical (unpaired) electrons. The van der Waals surface area contributed by atoms with Gasteiger partial charge >= 0.3 is 6.18 Å². The summed E-state index contributed by atoms with van der Waals surface area (Å²) in [4.78, 5) is 31.2. The number of rotatable bonds is 5. The van der Waals surface area contributed by atoms with Crippen LogP contribution in [0.3, 0.4) is 0 Å². The summed E-state index contributed by atoms with van der Waals surface area (Å²) in [5, 5.41) is 0. The Morgan fingerprint density at radius 2 is 1.83 bits per heavy atom. The number of imide groups is 1. The number of nitrogens with zero attached hydrogens (tertiary/aromatic N) is 2. The average molecular weight is 402 g/mol. The molecule has 1 heterocycles. The first kappa shape index (κ1) is 20.8. The number of hydrogen-bond acceptors (Lipinski definition) is 3. The van der Waals surface area contributed by atoms with E-state index < -0.39 is 29.5 Å². The van der Waals surface area contributed by atoms with E-state index in [0.29, 0.717) is 18.0 Å². The Labute approximate surface area is 167 Å². The first-order valence-electron chi connectivity index (χ1n) is 9.34. The van der Waals surface area contributed by atoms with Crippen LogP contribution in [0.2, 0.25) is 0 Å². The highest BCUT2D eigenvalue weighted by Crippen LogP contribution is 2.35. The normalized spacial score (nSPS) is 17.3. The standard InChI is InChI=1S/C22H21F3N2O2/c1-14(2)10-11-26-13-19-17-8-3-4-9-18(17)20(28)27(21(19)29)16-7-5-6-15(12-16)22(23,24)25/h3-9,12-14,19H,10-11H2,1-2H3. The maximum atomic E-state index is 13.1. The van der Waals surface area contributed by atoms with Crippen LogP contribution < -0.4 is 4.90 Å². The van der Waals surface area contributed by atoms with Gasteiger partial charge < -0.3 is 0 Å². The highest BCUT2D eigenvalue weighted by atomic mass is 19.4. The predicted molar refractivity (Wildman–Crippen MR) is 105 cm³/mol. The van der Waals surface area contributed by atoms with E-state index in [0.717, 1.165) is 23.5 Å². The predicted octanol–water partition coefficient (Wildman–Crippen LogP) is 5.09. The molecule has 7 heteroatoms. The molecule has 0 N–H and O–H groups in total. The Balaban J connectivity index is 2.02. The third-order valence-corrected chi connectivity index (χ3v) is 4.74. The molecule has 2 aromatic carbocycles. The first-order chi connectivity index (χ1) is 13.7. The van der Waals surface area contributed by atoms with Crippen molar-refractivity contribution in [2.24, 2.45) is 10.9 Å². The number of hydrogen-bond donors (Lipinski definition) is 0. The number of aliphatic imine (C=N–C) groups is 1. The zero-order valence-corrected chi connectivity index (χ0v) is 16.1. The van der Waals surface area contributed by atoms with Crippen molar-refractivity contribution in [3.05, 3.63) is 65.2 Å². The molecule has 0 bridgehead atoms. The fourth-order valence-electron chi connectivity index (χ4n) is 3.18. The van der Waals surface area contributed by atoms with E-state index in [1.807, 2.05) is 0 Å². The largest absolute Gasteiger partial charge is 0.416 e. The van der Waals surface area contributed by atoms with E-state index in [1.54, 1.807) is 24.3 Å². The Bertz CT molecular complexity index is 951. The molecule has 1 unspecified atom stereocenters. The van der Waals surface area contributed by atoms with E-state index in [1.165, 1.54) is 18.3 Å². The van der Waals surface area contributed by atoms with Crippen LogP contribution in [0.4, 0.5) is 18.9 Å². The quantitative estimate of drug-likeness (QED) is 0.517. The molecular formula is C22H21F3N2O2. The summed E-state index contributed by atoms with van der Waals surface area (Å²) in [7, 11) is 0. The molecule has 1 atom stereocenters. The van der Waals surface area contributed by atoms with Gasteiger partial charge in [0.05, 0.1) is 17.2 Å². The smallest absolute Gasteiger partial charge is 0.296 e. The summed E-state index contributed by atoms with van der Waals surface area (Å²) in [6.45, 7) is 4.65. The van der Waals surface area contributed by atoms with Crippen LogP contribution >= 0.6 is 0 Å². The minimum Gasteiger partial charge on any atom is -0.296 e. The van der Waals surface area contributed by atoms with Crippen LogP contribution in [0.25, 0.3) is 0 Å². The molecule has 0 aliphatic carbocycles. The number of amides is 2. The second kappa shape index (κ2) is 8.19. The van der Waals surface area contributed by atoms with Crippen molar-refractivity contribution in [2.75, 3.05) is 11.4 Å². The number of anilines is 1. The van der Waals surface area contributed by atoms with Crippen molar-refractivity contribution in [3.63, 3.8) is 0 Å². The molecule has 0 aromatic heterocycles. The first-order valence-corrected chi connectivity index (χ1v) is 9.34. The Kier molecular flexibility index (Phi) is 5.86. The van der Waals surface area contributed by atoms with Gasteiger partial charge in [-0.3, -0.25) is 14.6 Å². The molecule has 2 amide bonds. The number of halogens is 3. The lowest BCUT2D eigenvalue weighted by Crippen LogP contribution is -2.45. The third-order valence-electron chi connectivity index (χ3n) is 4.74. The molecule has 1 aliphatic heterocycles. The summed E-state index contributed by atoms with van der Waals surface area (Å²) < 4.78 is 39.3. The van der Waals surface area contributed by atoms with Gasteiger partial charge in [0.1, 0.15) is 0 Å². The number of alkyl halides is 3. The molecule has 0 saturated carbocycles. The number of benzene rings is 2. The topological polar surface area (TPSA) is 49.7 Å². The molecule has 4 nitrogen and oxygen atoms in total. The molecule has 1 aliphatic rings. The molecule has 0 spiro atoms. The van der Waals surface area contributed by atoms with Crippen molar-refractivity contribution in [1.29, 1.82) is 0 Å². The molecule has 0 saturated heterocycles. The van der Waals surface area contributed by atoms with Gasteiger partial charge in [0.15, 0.2) is 0 Å². The van der Waals surface area contributed by atoms with Gasteiger partial charge in [0, 0.05) is 18.3 Å². The van der Waals surface area contributed by atoms with Gasteiger partial charge in [-0.1, -0.05) is 38.1 Å². The summed E-state index contributed by atoms with van der Waals surface area (Å²) >= 11 is 0. The summed E-state index contributed by atoms with van der Waals surface area (Å²) in [5.74, 6) is -1.63. The Morgan fingerprint density at radius 3 is 2.52 bits per heavy atom. The third kappa shape index (κ3) is 4.39. The van der Waals surface area contributed by atoms with Gasteiger partial charge in [-0.25, -0.2) is 4.90 Å². The SMILES string of the molecule is CC(C)CCN=CC1C(=O)N(c2cccc(C(F)(F)F)c2)C(=O)c2ccccc21. The van der Waals surface area contributed by atoms with Crippen LogP contribution in [-0.4, -0.2) is 24.6 Å². The monoisotopic (exact) mass is 402 g/mol. The lowest BCUT2D eigenvalue weighted by Gasteiger charge is -2.31. The van der Waals surface area contributed by atoms with Crippen LogP contribution in [0.15, 0.2) is 53.5 Å². The minimum atomic E-state index is -4.58. The summed E-state index contributed by atoms with van der Waals surface area (Å²) in [6, 6.07) is 10.8. The zero-order valence-electron chi connectivity index (χ0n) is 16.1. The fourth-order valence-corrected chi connectivity index (χ4v) is 3.18. The van der Waals surface area contributed by atoms with E-state index in [9.17, 15) is 22.8 Å². The highest BCUT2D eigenvalue weighted by molar-refractivity contribution is 6.29. The second-order valence-corrected chi connectivity index (χ2v) is 7.33. The van der Waals surface area contributed by atoms with Gasteiger partial charge in [-0.2, -0.15) is 13.2 Å². The van der Waals surface area contributed by atoms with E-state index in [-0.39, 0.29) is 11.3 Å². The van der Waals surface area contributed by atoms with Gasteiger partial charge in [-0.15, -0.1) is 0 Å². The maximum absolute atomic E-state index is 13.1. The summed E-state index contributed by atoms with van der Waals surface area (Å²) in [6.07, 6.45) is -2.24. The molecule has 29 heavy (non-hydrogen) atoms. The number of carbonyl (C=O) groups excluding carboxylic acids is 2. The van der Waals surface area contributed by atoms with E-state index in [2.05, 4.69) is 18.8 Å².